The molecule has 1 atom stereocenters. The van der Waals surface area contributed by atoms with Gasteiger partial charge in [-0.15, -0.1) is 12.4 Å². The molecule has 0 fully saturated rings. The van der Waals surface area contributed by atoms with E-state index in [0.29, 0.717) is 16.8 Å². The van der Waals surface area contributed by atoms with E-state index in [1.807, 2.05) is 6.92 Å². The van der Waals surface area contributed by atoms with Crippen molar-refractivity contribution in [1.29, 1.82) is 0 Å². The lowest BCUT2D eigenvalue weighted by Gasteiger charge is -2.17. The first-order chi connectivity index (χ1) is 9.94. The first-order valence-electron chi connectivity index (χ1n) is 7.09. The first-order valence-corrected chi connectivity index (χ1v) is 9.37. The van der Waals surface area contributed by atoms with E-state index in [1.165, 1.54) is 6.07 Å². The van der Waals surface area contributed by atoms with E-state index < -0.39 is 10.0 Å². The molecule has 0 radical (unpaired) electrons. The largest absolute Gasteiger partial charge is 0.493 e. The molecule has 1 unspecified atom stereocenters. The second-order valence-corrected chi connectivity index (χ2v) is 7.29. The van der Waals surface area contributed by atoms with Crippen molar-refractivity contribution in [3.05, 3.63) is 22.7 Å². The summed E-state index contributed by atoms with van der Waals surface area (Å²) in [4.78, 5) is 0.202. The molecule has 0 heterocycles. The first kappa shape index (κ1) is 21.7. The second kappa shape index (κ2) is 10.4. The fourth-order valence-electron chi connectivity index (χ4n) is 1.88. The predicted molar refractivity (Wildman–Crippen MR) is 95.2 cm³/mol. The zero-order valence-electron chi connectivity index (χ0n) is 12.8. The number of unbranched alkanes of at least 4 members (excludes halogenated alkanes) is 1. The van der Waals surface area contributed by atoms with Crippen molar-refractivity contribution in [2.24, 2.45) is 5.73 Å². The monoisotopic (exact) mass is 414 g/mol. The maximum atomic E-state index is 12.4. The Hall–Kier alpha value is -0.340. The van der Waals surface area contributed by atoms with Gasteiger partial charge >= 0.3 is 0 Å². The lowest BCUT2D eigenvalue weighted by Crippen LogP contribution is -2.40. The molecule has 1 aromatic rings. The standard InChI is InChI=1S/C14H23BrN2O3S.ClH/c1-3-5-6-11(10-16)17-21(18,19)12-7-8-14(20-4-2)13(15)9-12;/h7-9,11,17H,3-6,10,16H2,1-2H3;1H. The molecule has 0 bridgehead atoms. The van der Waals surface area contributed by atoms with Gasteiger partial charge in [-0.2, -0.15) is 0 Å². The Morgan fingerprint density at radius 2 is 2.05 bits per heavy atom. The quantitative estimate of drug-likeness (QED) is 0.649. The maximum absolute atomic E-state index is 12.4. The van der Waals surface area contributed by atoms with E-state index in [0.717, 1.165) is 19.3 Å². The van der Waals surface area contributed by atoms with Crippen molar-refractivity contribution >= 4 is 38.4 Å². The number of sulfonamides is 1. The molecule has 0 aliphatic rings. The smallest absolute Gasteiger partial charge is 0.240 e. The van der Waals surface area contributed by atoms with Crippen molar-refractivity contribution in [2.75, 3.05) is 13.2 Å². The van der Waals surface area contributed by atoms with Gasteiger partial charge in [0.05, 0.1) is 16.0 Å². The molecule has 0 saturated heterocycles. The number of halogens is 2. The highest BCUT2D eigenvalue weighted by Crippen LogP contribution is 2.27. The van der Waals surface area contributed by atoms with E-state index in [1.54, 1.807) is 12.1 Å². The molecule has 128 valence electrons. The molecule has 0 aliphatic carbocycles. The van der Waals surface area contributed by atoms with Crippen LogP contribution in [0.15, 0.2) is 27.6 Å². The molecule has 5 nitrogen and oxygen atoms in total. The second-order valence-electron chi connectivity index (χ2n) is 4.72. The Morgan fingerprint density at radius 3 is 2.55 bits per heavy atom. The lowest BCUT2D eigenvalue weighted by molar-refractivity contribution is 0.338. The van der Waals surface area contributed by atoms with Crippen LogP contribution in [0.2, 0.25) is 0 Å². The van der Waals surface area contributed by atoms with Gasteiger partial charge in [0.25, 0.3) is 0 Å². The highest BCUT2D eigenvalue weighted by Gasteiger charge is 2.20. The Bertz CT molecular complexity index is 555. The van der Waals surface area contributed by atoms with Crippen molar-refractivity contribution in [3.8, 4) is 5.75 Å². The zero-order valence-corrected chi connectivity index (χ0v) is 16.1. The van der Waals surface area contributed by atoms with E-state index in [9.17, 15) is 8.42 Å². The van der Waals surface area contributed by atoms with Crippen molar-refractivity contribution in [1.82, 2.24) is 4.72 Å². The molecule has 1 rings (SSSR count). The van der Waals surface area contributed by atoms with Gasteiger partial charge in [-0.1, -0.05) is 19.8 Å². The number of nitrogens with two attached hydrogens (primary N) is 1. The van der Waals surface area contributed by atoms with E-state index in [2.05, 4.69) is 27.6 Å². The number of rotatable bonds is 9. The van der Waals surface area contributed by atoms with Crippen molar-refractivity contribution in [2.45, 2.75) is 44.0 Å². The summed E-state index contributed by atoms with van der Waals surface area (Å²) in [5.41, 5.74) is 5.64. The Labute approximate surface area is 147 Å². The lowest BCUT2D eigenvalue weighted by atomic mass is 10.1. The minimum absolute atomic E-state index is 0. The van der Waals surface area contributed by atoms with Crippen LogP contribution in [0.5, 0.6) is 5.75 Å². The van der Waals surface area contributed by atoms with Crippen LogP contribution in [-0.2, 0) is 10.0 Å². The van der Waals surface area contributed by atoms with E-state index in [-0.39, 0.29) is 29.9 Å². The van der Waals surface area contributed by atoms with Crippen molar-refractivity contribution < 1.29 is 13.2 Å². The minimum Gasteiger partial charge on any atom is -0.493 e. The summed E-state index contributed by atoms with van der Waals surface area (Å²) >= 11 is 3.32. The molecule has 0 spiro atoms. The summed E-state index contributed by atoms with van der Waals surface area (Å²) in [5.74, 6) is 0.623. The van der Waals surface area contributed by atoms with E-state index >= 15 is 0 Å². The summed E-state index contributed by atoms with van der Waals surface area (Å²) in [6, 6.07) is 4.48. The van der Waals surface area contributed by atoms with Crippen LogP contribution in [-0.4, -0.2) is 27.6 Å². The SMILES string of the molecule is CCCCC(CN)NS(=O)(=O)c1ccc(OCC)c(Br)c1.Cl. The predicted octanol–water partition coefficient (Wildman–Crippen LogP) is 3.07. The van der Waals surface area contributed by atoms with Crippen LogP contribution in [0.25, 0.3) is 0 Å². The third-order valence-corrected chi connectivity index (χ3v) is 5.16. The van der Waals surface area contributed by atoms with Crippen LogP contribution in [0, 0.1) is 0 Å². The molecule has 0 amide bonds. The maximum Gasteiger partial charge on any atom is 0.240 e. The average Bonchev–Trinajstić information content (AvgIpc) is 2.45. The molecule has 3 N–H and O–H groups in total. The summed E-state index contributed by atoms with van der Waals surface area (Å²) in [5, 5.41) is 0. The highest BCUT2D eigenvalue weighted by atomic mass is 79.9. The third-order valence-electron chi connectivity index (χ3n) is 3.03. The van der Waals surface area contributed by atoms with Crippen LogP contribution in [0.1, 0.15) is 33.1 Å². The van der Waals surface area contributed by atoms with Gasteiger partial charge in [0, 0.05) is 12.6 Å². The van der Waals surface area contributed by atoms with Crippen LogP contribution in [0.3, 0.4) is 0 Å². The van der Waals surface area contributed by atoms with Crippen LogP contribution < -0.4 is 15.2 Å². The Kier molecular flexibility index (Phi) is 10.3. The van der Waals surface area contributed by atoms with E-state index in [4.69, 9.17) is 10.5 Å². The van der Waals surface area contributed by atoms with Gasteiger partial charge < -0.3 is 10.5 Å². The number of hydrogen-bond acceptors (Lipinski definition) is 4. The summed E-state index contributed by atoms with van der Waals surface area (Å²) in [7, 11) is -3.57. The third kappa shape index (κ3) is 6.42. The molecule has 0 saturated carbocycles. The number of benzene rings is 1. The number of hydrogen-bond donors (Lipinski definition) is 2. The average molecular weight is 416 g/mol. The van der Waals surface area contributed by atoms with Gasteiger partial charge in [-0.25, -0.2) is 13.1 Å². The van der Waals surface area contributed by atoms with Crippen LogP contribution >= 0.6 is 28.3 Å². The molecular weight excluding hydrogens is 392 g/mol. The topological polar surface area (TPSA) is 81.4 Å². The van der Waals surface area contributed by atoms with Gasteiger partial charge in [0.1, 0.15) is 5.75 Å². The fraction of sp³-hybridized carbons (Fsp3) is 0.571. The summed E-state index contributed by atoms with van der Waals surface area (Å²) < 4.78 is 33.4. The van der Waals surface area contributed by atoms with Gasteiger partial charge in [0.15, 0.2) is 0 Å². The van der Waals surface area contributed by atoms with Crippen LogP contribution in [0.4, 0.5) is 0 Å². The van der Waals surface area contributed by atoms with Crippen molar-refractivity contribution in [3.63, 3.8) is 0 Å². The summed E-state index contributed by atoms with van der Waals surface area (Å²) in [6.07, 6.45) is 2.69. The highest BCUT2D eigenvalue weighted by molar-refractivity contribution is 9.10. The molecule has 0 aromatic heterocycles. The molecule has 8 heteroatoms. The Morgan fingerprint density at radius 1 is 1.36 bits per heavy atom. The number of ether oxygens (including phenoxy) is 1. The fourth-order valence-corrected chi connectivity index (χ4v) is 3.84. The van der Waals surface area contributed by atoms with Gasteiger partial charge in [-0.05, 0) is 47.5 Å². The van der Waals surface area contributed by atoms with Gasteiger partial charge in [0.2, 0.25) is 10.0 Å². The normalized spacial score (nSPS) is 12.5. The Balaban J connectivity index is 0.00000441. The number of nitrogens with one attached hydrogen (secondary N) is 1. The molecule has 1 aromatic carbocycles. The molecule has 0 aliphatic heterocycles. The minimum atomic E-state index is -3.57. The molecule has 22 heavy (non-hydrogen) atoms. The van der Waals surface area contributed by atoms with Gasteiger partial charge in [-0.3, -0.25) is 0 Å². The zero-order chi connectivity index (χ0) is 15.9. The summed E-state index contributed by atoms with van der Waals surface area (Å²) in [6.45, 7) is 4.75. The molecular formula is C14H24BrClN2O3S.